The number of fused-ring (bicyclic) bond motifs is 2. The Bertz CT molecular complexity index is 1410. The highest BCUT2D eigenvalue weighted by molar-refractivity contribution is 6.35. The van der Waals surface area contributed by atoms with Crippen molar-refractivity contribution in [3.05, 3.63) is 41.2 Å². The van der Waals surface area contributed by atoms with Gasteiger partial charge < -0.3 is 9.72 Å². The van der Waals surface area contributed by atoms with Crippen LogP contribution >= 0.6 is 11.6 Å². The van der Waals surface area contributed by atoms with Gasteiger partial charge in [-0.3, -0.25) is 14.9 Å². The van der Waals surface area contributed by atoms with Gasteiger partial charge in [0, 0.05) is 22.7 Å². The Morgan fingerprint density at radius 2 is 2.06 bits per heavy atom. The van der Waals surface area contributed by atoms with Crippen LogP contribution in [-0.2, 0) is 4.79 Å². The van der Waals surface area contributed by atoms with E-state index in [0.29, 0.717) is 5.65 Å². The first-order valence-corrected chi connectivity index (χ1v) is 10.1. The highest BCUT2D eigenvalue weighted by Gasteiger charge is 2.44. The zero-order valence-corrected chi connectivity index (χ0v) is 17.5. The number of aromatic amines is 1. The number of H-pyrrole nitrogens is 1. The molecular weight excluding hydrogens is 471 g/mol. The third-order valence-electron chi connectivity index (χ3n) is 5.65. The topological polar surface area (TPSA) is 88.0 Å². The summed E-state index contributed by atoms with van der Waals surface area (Å²) in [5.74, 6) is -4.37. The highest BCUT2D eigenvalue weighted by Crippen LogP contribution is 2.44. The first-order chi connectivity index (χ1) is 15.6. The summed E-state index contributed by atoms with van der Waals surface area (Å²) in [6.45, 7) is 0.840. The number of carbonyl (C=O) groups excluding carboxylic acids is 1. The lowest BCUT2D eigenvalue weighted by atomic mass is 9.94. The Balaban J connectivity index is 1.59. The molecule has 13 heteroatoms. The van der Waals surface area contributed by atoms with E-state index >= 15 is 4.39 Å². The SMILES string of the molecule is C[C@@H](c1c(F)c(Cl)c(-c2cn3cc(NC(=O)C4CC4F)nc3cn2)c2cn[nH]c12)C(F)(F)F. The second-order valence-electron chi connectivity index (χ2n) is 7.85. The fourth-order valence-corrected chi connectivity index (χ4v) is 4.00. The zero-order valence-electron chi connectivity index (χ0n) is 16.7. The molecule has 3 aromatic heterocycles. The van der Waals surface area contributed by atoms with Crippen LogP contribution in [0.15, 0.2) is 24.8 Å². The summed E-state index contributed by atoms with van der Waals surface area (Å²) in [7, 11) is 0. The van der Waals surface area contributed by atoms with Crippen LogP contribution in [0.5, 0.6) is 0 Å². The predicted molar refractivity (Wildman–Crippen MR) is 109 cm³/mol. The van der Waals surface area contributed by atoms with Gasteiger partial charge in [-0.05, 0) is 13.3 Å². The van der Waals surface area contributed by atoms with Gasteiger partial charge in [-0.25, -0.2) is 13.8 Å². The number of nitrogens with zero attached hydrogens (tertiary/aromatic N) is 4. The number of halogens is 6. The fourth-order valence-electron chi connectivity index (χ4n) is 3.70. The van der Waals surface area contributed by atoms with Gasteiger partial charge in [-0.1, -0.05) is 11.6 Å². The van der Waals surface area contributed by atoms with Crippen LogP contribution in [0.2, 0.25) is 5.02 Å². The molecule has 33 heavy (non-hydrogen) atoms. The number of nitrogens with one attached hydrogen (secondary N) is 2. The van der Waals surface area contributed by atoms with Gasteiger partial charge in [0.1, 0.15) is 12.0 Å². The predicted octanol–water partition coefficient (Wildman–Crippen LogP) is 5.03. The molecule has 3 heterocycles. The van der Waals surface area contributed by atoms with Gasteiger partial charge in [0.2, 0.25) is 5.91 Å². The van der Waals surface area contributed by atoms with E-state index in [0.717, 1.165) is 6.92 Å². The molecule has 172 valence electrons. The van der Waals surface area contributed by atoms with E-state index < -0.39 is 46.5 Å². The zero-order chi connectivity index (χ0) is 23.7. The number of anilines is 1. The van der Waals surface area contributed by atoms with E-state index in [-0.39, 0.29) is 34.4 Å². The molecule has 0 saturated heterocycles. The molecule has 1 aromatic carbocycles. The summed E-state index contributed by atoms with van der Waals surface area (Å²) >= 11 is 6.20. The maximum absolute atomic E-state index is 15.1. The number of hydrogen-bond acceptors (Lipinski definition) is 4. The minimum atomic E-state index is -4.69. The van der Waals surface area contributed by atoms with Crippen molar-refractivity contribution in [2.75, 3.05) is 5.32 Å². The van der Waals surface area contributed by atoms with Crippen LogP contribution < -0.4 is 5.32 Å². The third kappa shape index (κ3) is 3.58. The number of hydrogen-bond donors (Lipinski definition) is 2. The van der Waals surface area contributed by atoms with E-state index in [2.05, 4.69) is 25.5 Å². The summed E-state index contributed by atoms with van der Waals surface area (Å²) < 4.78 is 69.6. The van der Waals surface area contributed by atoms with Crippen LogP contribution in [0.3, 0.4) is 0 Å². The molecule has 1 aliphatic rings. The summed E-state index contributed by atoms with van der Waals surface area (Å²) in [6, 6.07) is 0. The van der Waals surface area contributed by atoms with Crippen LogP contribution in [0.25, 0.3) is 27.8 Å². The molecule has 1 saturated carbocycles. The molecular formula is C20H14ClF5N6O. The third-order valence-corrected chi connectivity index (χ3v) is 6.00. The molecule has 2 N–H and O–H groups in total. The van der Waals surface area contributed by atoms with Crippen LogP contribution in [-0.4, -0.2) is 42.8 Å². The molecule has 0 bridgehead atoms. The first-order valence-electron chi connectivity index (χ1n) is 9.77. The van der Waals surface area contributed by atoms with Crippen LogP contribution in [0.1, 0.15) is 24.8 Å². The van der Waals surface area contributed by atoms with Crippen LogP contribution in [0, 0.1) is 11.7 Å². The lowest BCUT2D eigenvalue weighted by Crippen LogP contribution is -2.19. The number of alkyl halides is 4. The Morgan fingerprint density at radius 1 is 1.33 bits per heavy atom. The quantitative estimate of drug-likeness (QED) is 0.398. The minimum absolute atomic E-state index is 0.0514. The minimum Gasteiger partial charge on any atom is -0.309 e. The van der Waals surface area contributed by atoms with Gasteiger partial charge in [-0.15, -0.1) is 0 Å². The molecule has 0 aliphatic heterocycles. The molecule has 1 fully saturated rings. The standard InChI is InChI=1S/C20H14ClF5N6O/c1-7(20(24,25)26)14-17(23)16(21)15(9-3-28-31-18(9)14)11-5-32-6-12(29-13(32)4-27-11)30-19(33)8-2-10(8)22/h3-8,10H,2H2,1H3,(H,28,31)(H,30,33)/t7-,8?,10?/m0/s1. The second kappa shape index (κ2) is 7.37. The Labute approximate surface area is 187 Å². The molecule has 1 amide bonds. The molecule has 0 radical (unpaired) electrons. The van der Waals surface area contributed by atoms with E-state index in [1.54, 1.807) is 0 Å². The van der Waals surface area contributed by atoms with Gasteiger partial charge in [0.05, 0.1) is 46.7 Å². The number of amides is 1. The second-order valence-corrected chi connectivity index (χ2v) is 8.23. The normalized spacial score (nSPS) is 19.2. The van der Waals surface area contributed by atoms with E-state index in [1.165, 1.54) is 29.2 Å². The largest absolute Gasteiger partial charge is 0.395 e. The average molecular weight is 485 g/mol. The van der Waals surface area contributed by atoms with Crippen molar-refractivity contribution in [1.82, 2.24) is 24.6 Å². The van der Waals surface area contributed by atoms with Crippen molar-refractivity contribution >= 4 is 39.9 Å². The molecule has 7 nitrogen and oxygen atoms in total. The molecule has 2 unspecified atom stereocenters. The molecule has 4 aromatic rings. The van der Waals surface area contributed by atoms with Gasteiger partial charge in [0.15, 0.2) is 11.5 Å². The Kier molecular flexibility index (Phi) is 4.82. The average Bonchev–Trinajstić information content (AvgIpc) is 3.11. The van der Waals surface area contributed by atoms with E-state index in [1.807, 2.05) is 0 Å². The van der Waals surface area contributed by atoms with Crippen molar-refractivity contribution in [3.63, 3.8) is 0 Å². The summed E-state index contributed by atoms with van der Waals surface area (Å²) in [6.07, 6.45) is -0.228. The molecule has 1 aliphatic carbocycles. The molecule has 3 atom stereocenters. The van der Waals surface area contributed by atoms with Crippen molar-refractivity contribution in [1.29, 1.82) is 0 Å². The summed E-state index contributed by atoms with van der Waals surface area (Å²) in [5.41, 5.74) is -0.254. The smallest absolute Gasteiger partial charge is 0.309 e. The van der Waals surface area contributed by atoms with E-state index in [4.69, 9.17) is 11.6 Å². The van der Waals surface area contributed by atoms with Crippen molar-refractivity contribution in [3.8, 4) is 11.3 Å². The monoisotopic (exact) mass is 484 g/mol. The molecule has 5 rings (SSSR count). The fraction of sp³-hybridized carbons (Fsp3) is 0.300. The number of imidazole rings is 1. The van der Waals surface area contributed by atoms with Crippen molar-refractivity contribution < 1.29 is 26.7 Å². The number of aromatic nitrogens is 5. The maximum Gasteiger partial charge on any atom is 0.395 e. The van der Waals surface area contributed by atoms with Crippen LogP contribution in [0.4, 0.5) is 27.8 Å². The Morgan fingerprint density at radius 3 is 2.73 bits per heavy atom. The lowest BCUT2D eigenvalue weighted by Gasteiger charge is -2.19. The van der Waals surface area contributed by atoms with Crippen molar-refractivity contribution in [2.24, 2.45) is 5.92 Å². The number of rotatable bonds is 4. The lowest BCUT2D eigenvalue weighted by molar-refractivity contribution is -0.146. The van der Waals surface area contributed by atoms with Gasteiger partial charge in [0.25, 0.3) is 0 Å². The van der Waals surface area contributed by atoms with Gasteiger partial charge >= 0.3 is 6.18 Å². The number of benzene rings is 1. The van der Waals surface area contributed by atoms with E-state index in [9.17, 15) is 22.4 Å². The summed E-state index contributed by atoms with van der Waals surface area (Å²) in [5, 5.41) is 8.36. The number of carbonyl (C=O) groups is 1. The molecule has 0 spiro atoms. The van der Waals surface area contributed by atoms with Crippen molar-refractivity contribution in [2.45, 2.75) is 31.6 Å². The van der Waals surface area contributed by atoms with Gasteiger partial charge in [-0.2, -0.15) is 18.3 Å². The maximum atomic E-state index is 15.1. The summed E-state index contributed by atoms with van der Waals surface area (Å²) in [4.78, 5) is 20.3. The Hall–Kier alpha value is -3.28. The highest BCUT2D eigenvalue weighted by atomic mass is 35.5. The first kappa shape index (κ1) is 21.6.